The van der Waals surface area contributed by atoms with Gasteiger partial charge in [-0.15, -0.1) is 0 Å². The Morgan fingerprint density at radius 2 is 1.77 bits per heavy atom. The van der Waals surface area contributed by atoms with Crippen LogP contribution in [0, 0.1) is 6.92 Å². The molecule has 1 aromatic carbocycles. The van der Waals surface area contributed by atoms with Crippen molar-refractivity contribution < 1.29 is 18.0 Å². The van der Waals surface area contributed by atoms with Gasteiger partial charge in [-0.25, -0.2) is 9.50 Å². The Kier molecular flexibility index (Phi) is 5.26. The number of aromatic nitrogens is 3. The third-order valence-corrected chi connectivity index (χ3v) is 5.73. The van der Waals surface area contributed by atoms with E-state index < -0.39 is 11.9 Å². The predicted molar refractivity (Wildman–Crippen MR) is 107 cm³/mol. The number of alkyl halides is 3. The molecule has 0 saturated heterocycles. The topological polar surface area (TPSA) is 50.5 Å². The number of rotatable bonds is 3. The number of hydrogen-bond donors (Lipinski definition) is 0. The van der Waals surface area contributed by atoms with Gasteiger partial charge >= 0.3 is 6.18 Å². The summed E-state index contributed by atoms with van der Waals surface area (Å²) in [4.78, 5) is 18.9. The molecule has 8 heteroatoms. The minimum Gasteiger partial charge on any atom is -0.337 e. The van der Waals surface area contributed by atoms with Gasteiger partial charge in [-0.2, -0.15) is 18.3 Å². The van der Waals surface area contributed by atoms with E-state index in [-0.39, 0.29) is 29.0 Å². The molecule has 158 valence electrons. The van der Waals surface area contributed by atoms with E-state index in [4.69, 9.17) is 0 Å². The quantitative estimate of drug-likeness (QED) is 0.595. The van der Waals surface area contributed by atoms with Crippen LogP contribution >= 0.6 is 0 Å². The summed E-state index contributed by atoms with van der Waals surface area (Å²) in [6.07, 6.45) is 0.411. The molecular weight excluding hydrogens is 393 g/mol. The van der Waals surface area contributed by atoms with Crippen LogP contribution < -0.4 is 0 Å². The number of nitrogens with zero attached hydrogens (tertiary/aromatic N) is 4. The lowest BCUT2D eigenvalue weighted by atomic mass is 9.94. The van der Waals surface area contributed by atoms with Gasteiger partial charge in [0.2, 0.25) is 0 Å². The van der Waals surface area contributed by atoms with Gasteiger partial charge in [0.1, 0.15) is 0 Å². The molecule has 0 aliphatic heterocycles. The van der Waals surface area contributed by atoms with Crippen LogP contribution in [0.3, 0.4) is 0 Å². The summed E-state index contributed by atoms with van der Waals surface area (Å²) in [6, 6.07) is 9.51. The van der Waals surface area contributed by atoms with E-state index in [9.17, 15) is 18.0 Å². The second kappa shape index (κ2) is 7.74. The first-order valence-electron chi connectivity index (χ1n) is 10.1. The molecule has 0 spiro atoms. The first-order valence-corrected chi connectivity index (χ1v) is 10.1. The number of halogens is 3. The zero-order chi connectivity index (χ0) is 21.5. The second-order valence-electron chi connectivity index (χ2n) is 7.90. The zero-order valence-electron chi connectivity index (χ0n) is 16.9. The lowest BCUT2D eigenvalue weighted by molar-refractivity contribution is -0.142. The minimum atomic E-state index is -4.64. The molecule has 30 heavy (non-hydrogen) atoms. The van der Waals surface area contributed by atoms with E-state index in [0.717, 1.165) is 48.2 Å². The van der Waals surface area contributed by atoms with Gasteiger partial charge < -0.3 is 4.90 Å². The van der Waals surface area contributed by atoms with Crippen molar-refractivity contribution in [3.8, 4) is 11.3 Å². The molecule has 0 bridgehead atoms. The van der Waals surface area contributed by atoms with Gasteiger partial charge in [-0.1, -0.05) is 49.1 Å². The standard InChI is InChI=1S/C22H23F3N4O/c1-14-8-10-15(11-9-14)17-12-19(22(23,24)25)29-20(26-17)13-18(27-29)21(30)28(2)16-6-4-3-5-7-16/h8-13,16H,3-7H2,1-2H3. The van der Waals surface area contributed by atoms with Crippen molar-refractivity contribution in [3.63, 3.8) is 0 Å². The molecule has 4 rings (SSSR count). The highest BCUT2D eigenvalue weighted by Crippen LogP contribution is 2.32. The maximum atomic E-state index is 13.8. The van der Waals surface area contributed by atoms with Gasteiger partial charge in [-0.05, 0) is 25.8 Å². The number of amides is 1. The predicted octanol–water partition coefficient (Wildman–Crippen LogP) is 5.13. The lowest BCUT2D eigenvalue weighted by Gasteiger charge is -2.30. The smallest absolute Gasteiger partial charge is 0.337 e. The molecule has 0 unspecified atom stereocenters. The van der Waals surface area contributed by atoms with Crippen molar-refractivity contribution in [2.45, 2.75) is 51.2 Å². The number of hydrogen-bond acceptors (Lipinski definition) is 3. The maximum Gasteiger partial charge on any atom is 0.433 e. The molecule has 3 aromatic rings. The highest BCUT2D eigenvalue weighted by molar-refractivity contribution is 5.93. The Hall–Kier alpha value is -2.90. The molecule has 1 aliphatic carbocycles. The Balaban J connectivity index is 1.77. The fraction of sp³-hybridized carbons (Fsp3) is 0.409. The first kappa shape index (κ1) is 20.4. The number of fused-ring (bicyclic) bond motifs is 1. The molecule has 1 fully saturated rings. The zero-order valence-corrected chi connectivity index (χ0v) is 16.9. The van der Waals surface area contributed by atoms with Crippen LogP contribution in [-0.2, 0) is 6.18 Å². The summed E-state index contributed by atoms with van der Waals surface area (Å²) >= 11 is 0. The maximum absolute atomic E-state index is 13.8. The normalized spacial score (nSPS) is 15.5. The Labute approximate surface area is 172 Å². The number of benzene rings is 1. The third kappa shape index (κ3) is 3.91. The van der Waals surface area contributed by atoms with Gasteiger partial charge in [0.15, 0.2) is 17.0 Å². The van der Waals surface area contributed by atoms with Crippen molar-refractivity contribution >= 4 is 11.6 Å². The molecule has 2 heterocycles. The molecular formula is C22H23F3N4O. The van der Waals surface area contributed by atoms with Crippen molar-refractivity contribution in [1.82, 2.24) is 19.5 Å². The van der Waals surface area contributed by atoms with Crippen LogP contribution in [0.4, 0.5) is 13.2 Å². The lowest BCUT2D eigenvalue weighted by Crippen LogP contribution is -2.38. The Bertz CT molecular complexity index is 1070. The first-order chi connectivity index (χ1) is 14.2. The Morgan fingerprint density at radius 3 is 2.40 bits per heavy atom. The summed E-state index contributed by atoms with van der Waals surface area (Å²) in [5.41, 5.74) is 0.778. The number of carbonyl (C=O) groups is 1. The molecule has 0 atom stereocenters. The number of carbonyl (C=O) groups excluding carboxylic acids is 1. The molecule has 1 saturated carbocycles. The van der Waals surface area contributed by atoms with Crippen molar-refractivity contribution in [2.75, 3.05) is 7.05 Å². The van der Waals surface area contributed by atoms with E-state index in [1.165, 1.54) is 6.07 Å². The molecule has 1 amide bonds. The second-order valence-corrected chi connectivity index (χ2v) is 7.90. The molecule has 1 aliphatic rings. The largest absolute Gasteiger partial charge is 0.433 e. The van der Waals surface area contributed by atoms with Crippen LogP contribution in [0.2, 0.25) is 0 Å². The van der Waals surface area contributed by atoms with Gasteiger partial charge in [-0.3, -0.25) is 4.79 Å². The SMILES string of the molecule is Cc1ccc(-c2cc(C(F)(F)F)n3nc(C(=O)N(C)C4CCCCC4)cc3n2)cc1. The third-order valence-electron chi connectivity index (χ3n) is 5.73. The van der Waals surface area contributed by atoms with E-state index in [2.05, 4.69) is 10.1 Å². The highest BCUT2D eigenvalue weighted by Gasteiger charge is 2.36. The summed E-state index contributed by atoms with van der Waals surface area (Å²) in [5.74, 6) is -0.377. The average molecular weight is 416 g/mol. The van der Waals surface area contributed by atoms with Crippen LogP contribution in [0.15, 0.2) is 36.4 Å². The fourth-order valence-corrected chi connectivity index (χ4v) is 3.97. The molecule has 5 nitrogen and oxygen atoms in total. The van der Waals surface area contributed by atoms with Crippen LogP contribution in [-0.4, -0.2) is 38.5 Å². The fourth-order valence-electron chi connectivity index (χ4n) is 3.97. The van der Waals surface area contributed by atoms with E-state index in [1.807, 2.05) is 19.1 Å². The Morgan fingerprint density at radius 1 is 1.10 bits per heavy atom. The molecule has 0 N–H and O–H groups in total. The summed E-state index contributed by atoms with van der Waals surface area (Å²) in [6.45, 7) is 1.90. The summed E-state index contributed by atoms with van der Waals surface area (Å²) < 4.78 is 42.0. The van der Waals surface area contributed by atoms with Gasteiger partial charge in [0.25, 0.3) is 5.91 Å². The van der Waals surface area contributed by atoms with Crippen LogP contribution in [0.25, 0.3) is 16.9 Å². The monoisotopic (exact) mass is 416 g/mol. The molecule has 0 radical (unpaired) electrons. The van der Waals surface area contributed by atoms with Crippen molar-refractivity contribution in [1.29, 1.82) is 0 Å². The van der Waals surface area contributed by atoms with E-state index >= 15 is 0 Å². The minimum absolute atomic E-state index is 0.000735. The van der Waals surface area contributed by atoms with Crippen LogP contribution in [0.5, 0.6) is 0 Å². The van der Waals surface area contributed by atoms with E-state index in [1.54, 1.807) is 24.1 Å². The van der Waals surface area contributed by atoms with Gasteiger partial charge in [0, 0.05) is 24.7 Å². The van der Waals surface area contributed by atoms with Crippen molar-refractivity contribution in [2.24, 2.45) is 0 Å². The van der Waals surface area contributed by atoms with E-state index in [0.29, 0.717) is 5.56 Å². The van der Waals surface area contributed by atoms with Gasteiger partial charge in [0.05, 0.1) is 5.69 Å². The molecule has 2 aromatic heterocycles. The summed E-state index contributed by atoms with van der Waals surface area (Å²) in [7, 11) is 1.69. The average Bonchev–Trinajstić information content (AvgIpc) is 3.16. The van der Waals surface area contributed by atoms with Crippen LogP contribution in [0.1, 0.15) is 53.8 Å². The highest BCUT2D eigenvalue weighted by atomic mass is 19.4. The van der Waals surface area contributed by atoms with Crippen molar-refractivity contribution in [3.05, 3.63) is 53.3 Å². The summed E-state index contributed by atoms with van der Waals surface area (Å²) in [5, 5.41) is 3.99. The number of aryl methyl sites for hydroxylation is 1.